The molecule has 0 fully saturated rings. The van der Waals surface area contributed by atoms with Gasteiger partial charge in [0.25, 0.3) is 0 Å². The van der Waals surface area contributed by atoms with Gasteiger partial charge in [-0.25, -0.2) is 0 Å². The van der Waals surface area contributed by atoms with Gasteiger partial charge in [-0.3, -0.25) is 4.57 Å². The van der Waals surface area contributed by atoms with Gasteiger partial charge in [0.1, 0.15) is 0 Å². The second-order valence-corrected chi connectivity index (χ2v) is 3.20. The number of anilines is 1. The lowest BCUT2D eigenvalue weighted by molar-refractivity contribution is 0.898. The molecule has 1 heterocycles. The first-order valence-electron chi connectivity index (χ1n) is 4.06. The molecule has 4 nitrogen and oxygen atoms in total. The lowest BCUT2D eigenvalue weighted by Crippen LogP contribution is -2.03. The summed E-state index contributed by atoms with van der Waals surface area (Å²) < 4.78 is 1.72. The molecule has 1 aromatic heterocycles. The highest BCUT2D eigenvalue weighted by Crippen LogP contribution is 2.20. The molecule has 0 amide bonds. The zero-order valence-electron chi connectivity index (χ0n) is 7.01. The third kappa shape index (κ3) is 1.47. The first-order valence-corrected chi connectivity index (χ1v) is 4.50. The summed E-state index contributed by atoms with van der Waals surface area (Å²) in [5.41, 5.74) is 6.64. The molecule has 2 N–H and O–H groups in total. The first-order chi connectivity index (χ1) is 6.29. The number of nitrogen functional groups attached to an aromatic ring is 1. The molecular weight excluding hydrogens is 184 g/mol. The Morgan fingerprint density at radius 2 is 2.23 bits per heavy atom. The van der Waals surface area contributed by atoms with Gasteiger partial charge in [-0.1, -0.05) is 12.2 Å². The van der Waals surface area contributed by atoms with E-state index in [0.29, 0.717) is 11.1 Å². The first kappa shape index (κ1) is 8.37. The van der Waals surface area contributed by atoms with E-state index in [1.165, 1.54) is 0 Å². The molecule has 0 aliphatic heterocycles. The van der Waals surface area contributed by atoms with Gasteiger partial charge in [-0.2, -0.15) is 0 Å². The van der Waals surface area contributed by atoms with E-state index in [-0.39, 0.29) is 0 Å². The number of nitrogens with two attached hydrogens (primary N) is 1. The van der Waals surface area contributed by atoms with Crippen LogP contribution in [0.2, 0.25) is 0 Å². The van der Waals surface area contributed by atoms with Crippen molar-refractivity contribution in [2.24, 2.45) is 0 Å². The summed E-state index contributed by atoms with van der Waals surface area (Å²) in [6, 6.07) is 0. The highest BCUT2D eigenvalue weighted by atomic mass is 32.1. The van der Waals surface area contributed by atoms with E-state index >= 15 is 0 Å². The van der Waals surface area contributed by atoms with Crippen LogP contribution in [-0.2, 0) is 0 Å². The van der Waals surface area contributed by atoms with E-state index in [4.69, 9.17) is 5.73 Å². The zero-order chi connectivity index (χ0) is 9.26. The third-order valence-corrected chi connectivity index (χ3v) is 2.19. The van der Waals surface area contributed by atoms with Gasteiger partial charge in [0.05, 0.1) is 0 Å². The minimum Gasteiger partial charge on any atom is -0.368 e. The third-order valence-electron chi connectivity index (χ3n) is 1.90. The van der Waals surface area contributed by atoms with E-state index in [2.05, 4.69) is 35.0 Å². The van der Waals surface area contributed by atoms with Crippen LogP contribution in [0.4, 0.5) is 5.95 Å². The molecule has 0 bridgehead atoms. The van der Waals surface area contributed by atoms with Crippen molar-refractivity contribution in [3.8, 4) is 0 Å². The van der Waals surface area contributed by atoms with Crippen LogP contribution in [0.3, 0.4) is 0 Å². The molecule has 5 heteroatoms. The van der Waals surface area contributed by atoms with E-state index in [1.54, 1.807) is 4.57 Å². The number of thiol groups is 1. The molecule has 0 atom stereocenters. The highest BCUT2D eigenvalue weighted by Gasteiger charge is 2.09. The van der Waals surface area contributed by atoms with Crippen molar-refractivity contribution >= 4 is 24.3 Å². The molecule has 0 unspecified atom stereocenters. The molecule has 1 aliphatic rings. The lowest BCUT2D eigenvalue weighted by Gasteiger charge is -2.09. The Bertz CT molecular complexity index is 358. The fourth-order valence-electron chi connectivity index (χ4n) is 1.30. The minimum absolute atomic E-state index is 0.378. The predicted octanol–water partition coefficient (Wildman–Crippen LogP) is 1.34. The van der Waals surface area contributed by atoms with Gasteiger partial charge in [0, 0.05) is 5.70 Å². The van der Waals surface area contributed by atoms with Crippen LogP contribution < -0.4 is 5.73 Å². The van der Waals surface area contributed by atoms with E-state index in [9.17, 15) is 0 Å². The number of hydrogen-bond donors (Lipinski definition) is 2. The Hall–Kier alpha value is -1.23. The van der Waals surface area contributed by atoms with E-state index in [0.717, 1.165) is 18.5 Å². The molecule has 1 aliphatic carbocycles. The standard InChI is InChI=1S/C8H10N4S/c9-7-10-11-8(13)12(7)6-4-2-1-3-5-6/h2,4-5H,1,3H2,(H2,9,10)(H,11,13). The van der Waals surface area contributed by atoms with E-state index < -0.39 is 0 Å². The van der Waals surface area contributed by atoms with Gasteiger partial charge in [0.2, 0.25) is 5.95 Å². The van der Waals surface area contributed by atoms with Crippen molar-refractivity contribution in [2.75, 3.05) is 5.73 Å². The van der Waals surface area contributed by atoms with Gasteiger partial charge in [0.15, 0.2) is 5.16 Å². The van der Waals surface area contributed by atoms with Crippen molar-refractivity contribution in [3.05, 3.63) is 18.2 Å². The van der Waals surface area contributed by atoms with Gasteiger partial charge in [-0.15, -0.1) is 22.8 Å². The van der Waals surface area contributed by atoms with Crippen LogP contribution >= 0.6 is 12.6 Å². The minimum atomic E-state index is 0.378. The summed E-state index contributed by atoms with van der Waals surface area (Å²) in [5, 5.41) is 8.02. The number of nitrogens with zero attached hydrogens (tertiary/aromatic N) is 3. The molecule has 68 valence electrons. The Labute approximate surface area is 81.6 Å². The molecule has 0 radical (unpaired) electrons. The fraction of sp³-hybridized carbons (Fsp3) is 0.250. The SMILES string of the molecule is Nc1nnc(S)n1C1=CCCC=C1. The van der Waals surface area contributed by atoms with Gasteiger partial charge < -0.3 is 5.73 Å². The topological polar surface area (TPSA) is 56.7 Å². The number of allylic oxidation sites excluding steroid dienone is 4. The van der Waals surface area contributed by atoms with Gasteiger partial charge >= 0.3 is 0 Å². The van der Waals surface area contributed by atoms with Crippen LogP contribution in [-0.4, -0.2) is 14.8 Å². The summed E-state index contributed by atoms with van der Waals surface area (Å²) in [6.07, 6.45) is 8.30. The molecular formula is C8H10N4S. The summed E-state index contributed by atoms with van der Waals surface area (Å²) in [4.78, 5) is 0. The largest absolute Gasteiger partial charge is 0.368 e. The summed E-state index contributed by atoms with van der Waals surface area (Å²) in [7, 11) is 0. The Morgan fingerprint density at radius 3 is 2.77 bits per heavy atom. The molecule has 0 saturated heterocycles. The smallest absolute Gasteiger partial charge is 0.227 e. The summed E-state index contributed by atoms with van der Waals surface area (Å²) >= 11 is 4.16. The maximum atomic E-state index is 5.64. The van der Waals surface area contributed by atoms with Crippen molar-refractivity contribution in [1.82, 2.24) is 14.8 Å². The Balaban J connectivity index is 2.45. The fourth-order valence-corrected chi connectivity index (χ4v) is 1.56. The molecule has 13 heavy (non-hydrogen) atoms. The average molecular weight is 194 g/mol. The lowest BCUT2D eigenvalue weighted by atomic mass is 10.1. The Morgan fingerprint density at radius 1 is 1.38 bits per heavy atom. The zero-order valence-corrected chi connectivity index (χ0v) is 7.91. The van der Waals surface area contributed by atoms with Crippen molar-refractivity contribution in [2.45, 2.75) is 18.0 Å². The maximum Gasteiger partial charge on any atom is 0.227 e. The predicted molar refractivity (Wildman–Crippen MR) is 54.3 cm³/mol. The molecule has 0 aromatic carbocycles. The normalized spacial score (nSPS) is 15.9. The monoisotopic (exact) mass is 194 g/mol. The van der Waals surface area contributed by atoms with Gasteiger partial charge in [-0.05, 0) is 18.9 Å². The number of aromatic nitrogens is 3. The highest BCUT2D eigenvalue weighted by molar-refractivity contribution is 7.80. The van der Waals surface area contributed by atoms with Crippen molar-refractivity contribution in [3.63, 3.8) is 0 Å². The molecule has 0 saturated carbocycles. The summed E-state index contributed by atoms with van der Waals surface area (Å²) in [5.74, 6) is 0.378. The summed E-state index contributed by atoms with van der Waals surface area (Å²) in [6.45, 7) is 0. The Kier molecular flexibility index (Phi) is 2.10. The quantitative estimate of drug-likeness (QED) is 0.663. The maximum absolute atomic E-state index is 5.64. The van der Waals surface area contributed by atoms with Crippen molar-refractivity contribution < 1.29 is 0 Å². The number of hydrogen-bond acceptors (Lipinski definition) is 4. The van der Waals surface area contributed by atoms with Crippen LogP contribution in [0, 0.1) is 0 Å². The second kappa shape index (κ2) is 3.26. The van der Waals surface area contributed by atoms with E-state index in [1.807, 2.05) is 6.08 Å². The number of rotatable bonds is 1. The van der Waals surface area contributed by atoms with Crippen LogP contribution in [0.5, 0.6) is 0 Å². The molecule has 2 rings (SSSR count). The second-order valence-electron chi connectivity index (χ2n) is 2.80. The van der Waals surface area contributed by atoms with Crippen LogP contribution in [0.1, 0.15) is 12.8 Å². The van der Waals surface area contributed by atoms with Crippen molar-refractivity contribution in [1.29, 1.82) is 0 Å². The molecule has 1 aromatic rings. The van der Waals surface area contributed by atoms with Crippen LogP contribution in [0.25, 0.3) is 5.70 Å². The molecule has 0 spiro atoms. The average Bonchev–Trinajstić information content (AvgIpc) is 2.48. The van der Waals surface area contributed by atoms with Crippen LogP contribution in [0.15, 0.2) is 23.4 Å².